The molecule has 1 N–H and O–H groups in total. The van der Waals surface area contributed by atoms with Gasteiger partial charge in [0.25, 0.3) is 0 Å². The van der Waals surface area contributed by atoms with E-state index in [1.54, 1.807) is 0 Å². The summed E-state index contributed by atoms with van der Waals surface area (Å²) in [6.45, 7) is 5.54. The van der Waals surface area contributed by atoms with Crippen LogP contribution in [0.5, 0.6) is 0 Å². The minimum absolute atomic E-state index is 0.518. The van der Waals surface area contributed by atoms with Gasteiger partial charge in [-0.05, 0) is 38.0 Å². The Bertz CT molecular complexity index is 213. The molecule has 2 aliphatic rings. The second-order valence-electron chi connectivity index (χ2n) is 5.95. The molecule has 2 fully saturated rings. The number of ether oxygens (including phenoxy) is 1. The molecule has 1 aliphatic carbocycles. The maximum Gasteiger partial charge on any atom is 0.0589 e. The molecule has 3 unspecified atom stereocenters. The standard InChI is InChI=1S/C15H29NO/c1-3-5-15-11-14(8-9-17-15)16-13(4-2)10-12-6-7-12/h12-16H,3-11H2,1-2H3. The van der Waals surface area contributed by atoms with Gasteiger partial charge in [-0.3, -0.25) is 0 Å². The Kier molecular flexibility index (Phi) is 5.30. The van der Waals surface area contributed by atoms with Crippen molar-refractivity contribution in [1.29, 1.82) is 0 Å². The molecule has 1 heterocycles. The van der Waals surface area contributed by atoms with Gasteiger partial charge in [0.15, 0.2) is 0 Å². The van der Waals surface area contributed by atoms with Gasteiger partial charge in [-0.1, -0.05) is 33.1 Å². The Hall–Kier alpha value is -0.0800. The summed E-state index contributed by atoms with van der Waals surface area (Å²) in [5, 5.41) is 3.89. The highest BCUT2D eigenvalue weighted by atomic mass is 16.5. The van der Waals surface area contributed by atoms with Crippen molar-refractivity contribution in [2.45, 2.75) is 83.4 Å². The highest BCUT2D eigenvalue weighted by Gasteiger charge is 2.28. The van der Waals surface area contributed by atoms with E-state index in [1.165, 1.54) is 51.4 Å². The van der Waals surface area contributed by atoms with E-state index < -0.39 is 0 Å². The summed E-state index contributed by atoms with van der Waals surface area (Å²) in [5.41, 5.74) is 0. The zero-order valence-electron chi connectivity index (χ0n) is 11.6. The summed E-state index contributed by atoms with van der Waals surface area (Å²) in [6, 6.07) is 1.47. The average molecular weight is 239 g/mol. The van der Waals surface area contributed by atoms with Crippen molar-refractivity contribution in [2.75, 3.05) is 6.61 Å². The van der Waals surface area contributed by atoms with Crippen molar-refractivity contribution in [3.05, 3.63) is 0 Å². The third-order valence-electron chi connectivity index (χ3n) is 4.26. The summed E-state index contributed by atoms with van der Waals surface area (Å²) >= 11 is 0. The summed E-state index contributed by atoms with van der Waals surface area (Å²) in [6.07, 6.45) is 11.1. The predicted octanol–water partition coefficient (Wildman–Crippen LogP) is 3.50. The number of nitrogens with one attached hydrogen (secondary N) is 1. The Labute approximate surface area is 107 Å². The number of hydrogen-bond acceptors (Lipinski definition) is 2. The molecule has 3 atom stereocenters. The fraction of sp³-hybridized carbons (Fsp3) is 1.00. The highest BCUT2D eigenvalue weighted by molar-refractivity contribution is 4.84. The molecular formula is C15H29NO. The van der Waals surface area contributed by atoms with Crippen molar-refractivity contribution < 1.29 is 4.74 Å². The second-order valence-corrected chi connectivity index (χ2v) is 5.95. The van der Waals surface area contributed by atoms with Crippen LogP contribution in [0.1, 0.15) is 65.2 Å². The van der Waals surface area contributed by atoms with Gasteiger partial charge in [0.2, 0.25) is 0 Å². The fourth-order valence-electron chi connectivity index (χ4n) is 3.00. The quantitative estimate of drug-likeness (QED) is 0.734. The molecule has 0 aromatic heterocycles. The van der Waals surface area contributed by atoms with Crippen molar-refractivity contribution >= 4 is 0 Å². The monoisotopic (exact) mass is 239 g/mol. The predicted molar refractivity (Wildman–Crippen MR) is 72.2 cm³/mol. The summed E-state index contributed by atoms with van der Waals surface area (Å²) in [7, 11) is 0. The Morgan fingerprint density at radius 2 is 2.06 bits per heavy atom. The molecule has 100 valence electrons. The molecule has 17 heavy (non-hydrogen) atoms. The first kappa shape index (κ1) is 13.4. The van der Waals surface area contributed by atoms with E-state index in [0.29, 0.717) is 12.1 Å². The van der Waals surface area contributed by atoms with Crippen LogP contribution in [-0.2, 0) is 4.74 Å². The van der Waals surface area contributed by atoms with Crippen LogP contribution in [0, 0.1) is 5.92 Å². The van der Waals surface area contributed by atoms with Crippen LogP contribution in [0.4, 0.5) is 0 Å². The first-order valence-electron chi connectivity index (χ1n) is 7.69. The lowest BCUT2D eigenvalue weighted by atomic mass is 9.97. The van der Waals surface area contributed by atoms with E-state index in [0.717, 1.165) is 18.6 Å². The lowest BCUT2D eigenvalue weighted by molar-refractivity contribution is -0.00535. The van der Waals surface area contributed by atoms with E-state index in [9.17, 15) is 0 Å². The van der Waals surface area contributed by atoms with Gasteiger partial charge in [0.05, 0.1) is 6.10 Å². The third-order valence-corrected chi connectivity index (χ3v) is 4.26. The molecule has 1 saturated carbocycles. The van der Waals surface area contributed by atoms with E-state index in [4.69, 9.17) is 4.74 Å². The van der Waals surface area contributed by atoms with E-state index in [2.05, 4.69) is 19.2 Å². The largest absolute Gasteiger partial charge is 0.378 e. The fourth-order valence-corrected chi connectivity index (χ4v) is 3.00. The molecular weight excluding hydrogens is 210 g/mol. The topological polar surface area (TPSA) is 21.3 Å². The maximum absolute atomic E-state index is 5.82. The number of rotatable bonds is 7. The van der Waals surface area contributed by atoms with E-state index >= 15 is 0 Å². The Morgan fingerprint density at radius 3 is 2.71 bits per heavy atom. The molecule has 0 aromatic carbocycles. The first-order valence-corrected chi connectivity index (χ1v) is 7.69. The molecule has 2 heteroatoms. The van der Waals surface area contributed by atoms with Crippen LogP contribution < -0.4 is 5.32 Å². The zero-order chi connectivity index (χ0) is 12.1. The van der Waals surface area contributed by atoms with Crippen molar-refractivity contribution in [1.82, 2.24) is 5.32 Å². The molecule has 0 spiro atoms. The minimum atomic E-state index is 0.518. The highest BCUT2D eigenvalue weighted by Crippen LogP contribution is 2.34. The molecule has 0 radical (unpaired) electrons. The van der Waals surface area contributed by atoms with Crippen LogP contribution in [-0.4, -0.2) is 24.8 Å². The van der Waals surface area contributed by atoms with Crippen molar-refractivity contribution in [3.63, 3.8) is 0 Å². The van der Waals surface area contributed by atoms with Gasteiger partial charge in [0, 0.05) is 18.7 Å². The lowest BCUT2D eigenvalue weighted by Gasteiger charge is -2.33. The van der Waals surface area contributed by atoms with Crippen LogP contribution in [0.3, 0.4) is 0 Å². The lowest BCUT2D eigenvalue weighted by Crippen LogP contribution is -2.44. The first-order chi connectivity index (χ1) is 8.31. The van der Waals surface area contributed by atoms with Gasteiger partial charge in [-0.2, -0.15) is 0 Å². The van der Waals surface area contributed by atoms with Gasteiger partial charge in [-0.25, -0.2) is 0 Å². The van der Waals surface area contributed by atoms with Crippen molar-refractivity contribution in [2.24, 2.45) is 5.92 Å². The Balaban J connectivity index is 1.71. The van der Waals surface area contributed by atoms with Crippen molar-refractivity contribution in [3.8, 4) is 0 Å². The molecule has 2 rings (SSSR count). The van der Waals surface area contributed by atoms with E-state index in [1.807, 2.05) is 0 Å². The normalized spacial score (nSPS) is 31.4. The van der Waals surface area contributed by atoms with Gasteiger partial charge in [0.1, 0.15) is 0 Å². The molecule has 0 aromatic rings. The summed E-state index contributed by atoms with van der Waals surface area (Å²) < 4.78 is 5.82. The summed E-state index contributed by atoms with van der Waals surface area (Å²) in [4.78, 5) is 0. The summed E-state index contributed by atoms with van der Waals surface area (Å²) in [5.74, 6) is 1.04. The smallest absolute Gasteiger partial charge is 0.0589 e. The zero-order valence-corrected chi connectivity index (χ0v) is 11.6. The third kappa shape index (κ3) is 4.59. The van der Waals surface area contributed by atoms with E-state index in [-0.39, 0.29) is 0 Å². The molecule has 0 bridgehead atoms. The van der Waals surface area contributed by atoms with Gasteiger partial charge < -0.3 is 10.1 Å². The van der Waals surface area contributed by atoms with Crippen LogP contribution in [0.15, 0.2) is 0 Å². The minimum Gasteiger partial charge on any atom is -0.378 e. The molecule has 1 aliphatic heterocycles. The molecule has 0 amide bonds. The maximum atomic E-state index is 5.82. The second kappa shape index (κ2) is 6.75. The van der Waals surface area contributed by atoms with Gasteiger partial charge >= 0.3 is 0 Å². The SMILES string of the molecule is CCCC1CC(NC(CC)CC2CC2)CCO1. The number of hydrogen-bond donors (Lipinski definition) is 1. The van der Waals surface area contributed by atoms with Crippen LogP contribution in [0.25, 0.3) is 0 Å². The van der Waals surface area contributed by atoms with Crippen LogP contribution in [0.2, 0.25) is 0 Å². The molecule has 2 nitrogen and oxygen atoms in total. The average Bonchev–Trinajstić information content (AvgIpc) is 3.13. The van der Waals surface area contributed by atoms with Crippen LogP contribution >= 0.6 is 0 Å². The van der Waals surface area contributed by atoms with Gasteiger partial charge in [-0.15, -0.1) is 0 Å². The Morgan fingerprint density at radius 1 is 1.24 bits per heavy atom. The molecule has 1 saturated heterocycles.